The average molecular weight is 372 g/mol. The van der Waals surface area contributed by atoms with Crippen LogP contribution in [-0.4, -0.2) is 13.0 Å². The molecule has 0 aliphatic heterocycles. The molecular weight excluding hydrogens is 351 g/mol. The molecule has 0 heterocycles. The Morgan fingerprint density at radius 3 is 2.32 bits per heavy atom. The predicted molar refractivity (Wildman–Crippen MR) is 90.1 cm³/mol. The van der Waals surface area contributed by atoms with E-state index in [1.54, 1.807) is 30.3 Å². The van der Waals surface area contributed by atoms with Crippen LogP contribution in [0, 0.1) is 0 Å². The summed E-state index contributed by atoms with van der Waals surface area (Å²) in [4.78, 5) is -0.506. The Morgan fingerprint density at radius 1 is 1.04 bits per heavy atom. The Labute approximate surface area is 171 Å². The fraction of sp³-hybridized carbons (Fsp3) is 0.333. The second-order valence-electron chi connectivity index (χ2n) is 5.58. The molecule has 2 aromatic carbocycles. The molecule has 7 heteroatoms. The molecule has 0 aliphatic carbocycles. The fourth-order valence-corrected chi connectivity index (χ4v) is 3.04. The molecule has 5 nitrogen and oxygen atoms in total. The maximum atomic E-state index is 12.6. The first-order chi connectivity index (χ1) is 11.4. The van der Waals surface area contributed by atoms with Crippen LogP contribution in [0.5, 0.6) is 17.2 Å². The summed E-state index contributed by atoms with van der Waals surface area (Å²) in [6, 6.07) is 11.1. The topological polar surface area (TPSA) is 86.7 Å². The number of unbranched alkanes of at least 4 members (excludes halogenated alkanes) is 3. The number of hydrogen-bond donors (Lipinski definition) is 1. The molecule has 2 rings (SSSR count). The van der Waals surface area contributed by atoms with E-state index in [1.165, 1.54) is 12.1 Å². The van der Waals surface area contributed by atoms with Crippen LogP contribution in [0.25, 0.3) is 0 Å². The quantitative estimate of drug-likeness (QED) is 0.423. The molecule has 0 bridgehead atoms. The summed E-state index contributed by atoms with van der Waals surface area (Å²) in [6.45, 7) is 2.10. The van der Waals surface area contributed by atoms with Gasteiger partial charge in [0.05, 0.1) is 0 Å². The molecule has 0 aromatic heterocycles. The van der Waals surface area contributed by atoms with Crippen molar-refractivity contribution < 1.29 is 52.4 Å². The molecule has 0 aliphatic rings. The molecule has 0 saturated heterocycles. The number of benzene rings is 2. The van der Waals surface area contributed by atoms with Crippen molar-refractivity contribution in [3.8, 4) is 17.2 Å². The maximum absolute atomic E-state index is 12.6. The van der Waals surface area contributed by atoms with Crippen LogP contribution in [0.1, 0.15) is 38.2 Å². The van der Waals surface area contributed by atoms with E-state index < -0.39 is 20.8 Å². The Kier molecular flexibility index (Phi) is 8.96. The van der Waals surface area contributed by atoms with Gasteiger partial charge in [-0.2, -0.15) is 8.42 Å². The molecule has 0 spiro atoms. The van der Waals surface area contributed by atoms with Gasteiger partial charge in [-0.15, -0.1) is 0 Å². The van der Waals surface area contributed by atoms with E-state index in [4.69, 9.17) is 4.74 Å². The minimum atomic E-state index is -4.55. The molecule has 0 fully saturated rings. The van der Waals surface area contributed by atoms with Gasteiger partial charge in [0.25, 0.3) is 10.1 Å². The second kappa shape index (κ2) is 10.2. The summed E-state index contributed by atoms with van der Waals surface area (Å²) in [6.07, 6.45) is 4.58. The first kappa shape index (κ1) is 22.0. The molecule has 0 atom stereocenters. The third-order valence-electron chi connectivity index (χ3n) is 3.70. The first-order valence-corrected chi connectivity index (χ1v) is 9.40. The van der Waals surface area contributed by atoms with Gasteiger partial charge in [-0.25, -0.2) is 0 Å². The second-order valence-corrected chi connectivity index (χ2v) is 6.97. The van der Waals surface area contributed by atoms with Gasteiger partial charge in [-0.05, 0) is 31.0 Å². The number of ether oxygens (including phenoxy) is 1. The Hall–Kier alpha value is -1.05. The van der Waals surface area contributed by atoms with E-state index in [1.807, 2.05) is 0 Å². The van der Waals surface area contributed by atoms with Crippen molar-refractivity contribution in [2.24, 2.45) is 0 Å². The molecule has 0 amide bonds. The summed E-state index contributed by atoms with van der Waals surface area (Å²) in [5, 5.41) is 12.6. The Balaban J connectivity index is 0.00000312. The van der Waals surface area contributed by atoms with Crippen LogP contribution in [0.4, 0.5) is 0 Å². The molecule has 1 N–H and O–H groups in total. The number of aryl methyl sites for hydroxylation is 1. The van der Waals surface area contributed by atoms with E-state index in [0.29, 0.717) is 17.7 Å². The van der Waals surface area contributed by atoms with Gasteiger partial charge in [0.15, 0.2) is 0 Å². The van der Waals surface area contributed by atoms with Gasteiger partial charge in [0.2, 0.25) is 0 Å². The minimum Gasteiger partial charge on any atom is -0.870 e. The molecule has 0 radical (unpaired) electrons. The van der Waals surface area contributed by atoms with Gasteiger partial charge in [-0.1, -0.05) is 61.8 Å². The van der Waals surface area contributed by atoms with Crippen LogP contribution in [-0.2, 0) is 16.5 Å². The third kappa shape index (κ3) is 6.31. The largest absolute Gasteiger partial charge is 1.00 e. The Morgan fingerprint density at radius 2 is 1.72 bits per heavy atom. The minimum absolute atomic E-state index is 0. The van der Waals surface area contributed by atoms with Crippen LogP contribution in [0.2, 0.25) is 0 Å². The monoisotopic (exact) mass is 372 g/mol. The predicted octanol–water partition coefficient (Wildman–Crippen LogP) is 0.926. The van der Waals surface area contributed by atoms with Crippen LogP contribution in [0.15, 0.2) is 47.4 Å². The molecule has 2 aromatic rings. The van der Waals surface area contributed by atoms with E-state index >= 15 is 0 Å². The first-order valence-electron chi connectivity index (χ1n) is 7.96. The van der Waals surface area contributed by atoms with Crippen molar-refractivity contribution in [1.29, 1.82) is 0 Å². The summed E-state index contributed by atoms with van der Waals surface area (Å²) in [5.41, 5.74) is 0.490. The summed E-state index contributed by atoms with van der Waals surface area (Å²) < 4.78 is 37.9. The molecule has 0 saturated carbocycles. The molecular formula is C18H21NaO5S. The van der Waals surface area contributed by atoms with Crippen molar-refractivity contribution >= 4 is 10.1 Å². The fourth-order valence-electron chi connectivity index (χ4n) is 2.43. The van der Waals surface area contributed by atoms with Gasteiger partial charge < -0.3 is 9.84 Å². The molecule has 130 valence electrons. The zero-order valence-corrected chi connectivity index (χ0v) is 17.4. The van der Waals surface area contributed by atoms with E-state index in [0.717, 1.165) is 25.7 Å². The van der Waals surface area contributed by atoms with Crippen molar-refractivity contribution in [3.63, 3.8) is 0 Å². The Bertz CT molecular complexity index is 776. The number of hydrogen-bond acceptors (Lipinski definition) is 4. The van der Waals surface area contributed by atoms with Gasteiger partial charge in [0.1, 0.15) is 16.4 Å². The van der Waals surface area contributed by atoms with Crippen LogP contribution < -0.4 is 39.4 Å². The normalized spacial score (nSPS) is 11.0. The third-order valence-corrected chi connectivity index (χ3v) is 4.58. The van der Waals surface area contributed by atoms with E-state index in [2.05, 4.69) is 6.92 Å². The van der Waals surface area contributed by atoms with Gasteiger partial charge in [-0.3, -0.25) is 4.55 Å². The van der Waals surface area contributed by atoms with Gasteiger partial charge >= 0.3 is 29.6 Å². The summed E-state index contributed by atoms with van der Waals surface area (Å²) in [7, 11) is -4.55. The van der Waals surface area contributed by atoms with Crippen molar-refractivity contribution in [2.45, 2.75) is 43.9 Å². The van der Waals surface area contributed by atoms with Crippen LogP contribution in [0.3, 0.4) is 0 Å². The smallest absolute Gasteiger partial charge is 0.870 e. The SMILES string of the molecule is CCCCCCc1ccc(S(=O)(=O)O)c(Oc2ccccc2)c1[O-].[Na+]. The standard InChI is InChI=1S/C18H22O5S.Na/c1-2-3-4-6-9-14-12-13-16(24(20,21)22)18(17(14)19)23-15-10-7-5-8-11-15;/h5,7-8,10-13,19H,2-4,6,9H2,1H3,(H,20,21,22);/q;+1/p-1. The average Bonchev–Trinajstić information content (AvgIpc) is 2.54. The van der Waals surface area contributed by atoms with Crippen molar-refractivity contribution in [2.75, 3.05) is 0 Å². The van der Waals surface area contributed by atoms with E-state index in [-0.39, 0.29) is 35.3 Å². The van der Waals surface area contributed by atoms with Crippen molar-refractivity contribution in [1.82, 2.24) is 0 Å². The zero-order valence-electron chi connectivity index (χ0n) is 14.6. The maximum Gasteiger partial charge on any atom is 1.00 e. The molecule has 0 unspecified atom stereocenters. The molecule has 25 heavy (non-hydrogen) atoms. The summed E-state index contributed by atoms with van der Waals surface area (Å²) in [5.74, 6) is -0.509. The zero-order chi connectivity index (χ0) is 17.6. The summed E-state index contributed by atoms with van der Waals surface area (Å²) >= 11 is 0. The van der Waals surface area contributed by atoms with Gasteiger partial charge in [0, 0.05) is 0 Å². The number of para-hydroxylation sites is 1. The number of rotatable bonds is 8. The van der Waals surface area contributed by atoms with E-state index in [9.17, 15) is 18.1 Å². The van der Waals surface area contributed by atoms with Crippen molar-refractivity contribution in [3.05, 3.63) is 48.0 Å². The van der Waals surface area contributed by atoms with Crippen LogP contribution >= 0.6 is 0 Å².